The van der Waals surface area contributed by atoms with Crippen LogP contribution in [0, 0.1) is 5.92 Å². The summed E-state index contributed by atoms with van der Waals surface area (Å²) < 4.78 is 18.3. The minimum atomic E-state index is -1.73. The standard InChI is InChI=1S/C22H36O4Si/c1-17-14-20(21(15-23)24-16-18-10-8-7-9-11-18)26-19(17)12-13-25-27(5,6)22(2,3)4/h7-11,15,17,19-21H,12-14,16H2,1-6H3/t17-,19+,20-,21+/m0/s1. The Hall–Kier alpha value is -1.01. The van der Waals surface area contributed by atoms with Crippen LogP contribution in [-0.4, -0.2) is 39.5 Å². The highest BCUT2D eigenvalue weighted by Crippen LogP contribution is 2.37. The lowest BCUT2D eigenvalue weighted by Crippen LogP contribution is -2.41. The van der Waals surface area contributed by atoms with Crippen LogP contribution in [0.4, 0.5) is 0 Å². The fraction of sp³-hybridized carbons (Fsp3) is 0.682. The highest BCUT2D eigenvalue weighted by molar-refractivity contribution is 6.74. The summed E-state index contributed by atoms with van der Waals surface area (Å²) in [5, 5.41) is 0.214. The zero-order valence-electron chi connectivity index (χ0n) is 17.7. The summed E-state index contributed by atoms with van der Waals surface area (Å²) in [5.74, 6) is 0.404. The average molecular weight is 393 g/mol. The van der Waals surface area contributed by atoms with Gasteiger partial charge in [0.15, 0.2) is 14.6 Å². The van der Waals surface area contributed by atoms with Crippen LogP contribution in [0.2, 0.25) is 18.1 Å². The molecule has 2 rings (SSSR count). The number of rotatable bonds is 9. The van der Waals surface area contributed by atoms with Crippen LogP contribution in [-0.2, 0) is 25.3 Å². The van der Waals surface area contributed by atoms with Crippen LogP contribution < -0.4 is 0 Å². The molecule has 1 aliphatic heterocycles. The van der Waals surface area contributed by atoms with E-state index in [0.29, 0.717) is 12.5 Å². The molecule has 4 nitrogen and oxygen atoms in total. The molecule has 4 atom stereocenters. The van der Waals surface area contributed by atoms with Crippen LogP contribution in [0.3, 0.4) is 0 Å². The van der Waals surface area contributed by atoms with Crippen LogP contribution in [0.25, 0.3) is 0 Å². The van der Waals surface area contributed by atoms with Crippen molar-refractivity contribution in [3.63, 3.8) is 0 Å². The van der Waals surface area contributed by atoms with Crippen molar-refractivity contribution >= 4 is 14.6 Å². The van der Waals surface area contributed by atoms with Crippen molar-refractivity contribution in [2.24, 2.45) is 5.92 Å². The summed E-state index contributed by atoms with van der Waals surface area (Å²) in [4.78, 5) is 11.6. The number of hydrogen-bond acceptors (Lipinski definition) is 4. The maximum atomic E-state index is 11.6. The molecule has 0 unspecified atom stereocenters. The predicted molar refractivity (Wildman–Crippen MR) is 111 cm³/mol. The third kappa shape index (κ3) is 6.24. The zero-order valence-corrected chi connectivity index (χ0v) is 18.7. The largest absolute Gasteiger partial charge is 0.417 e. The van der Waals surface area contributed by atoms with Gasteiger partial charge in [0.05, 0.1) is 18.8 Å². The molecule has 1 fully saturated rings. The Morgan fingerprint density at radius 1 is 1.26 bits per heavy atom. The van der Waals surface area contributed by atoms with Gasteiger partial charge in [-0.25, -0.2) is 0 Å². The van der Waals surface area contributed by atoms with Gasteiger partial charge in [0.25, 0.3) is 0 Å². The highest BCUT2D eigenvalue weighted by atomic mass is 28.4. The summed E-state index contributed by atoms with van der Waals surface area (Å²) in [6, 6.07) is 9.92. The predicted octanol–water partition coefficient (Wildman–Crippen LogP) is 4.98. The molecule has 0 aromatic heterocycles. The normalized spacial score (nSPS) is 24.7. The SMILES string of the molecule is C[C@H]1C[C@@H]([C@@H](C=O)OCc2ccccc2)O[C@@H]1CCO[Si](C)(C)C(C)(C)C. The van der Waals surface area contributed by atoms with Gasteiger partial charge in [0.1, 0.15) is 6.10 Å². The number of carbonyl (C=O) groups is 1. The molecule has 0 amide bonds. The van der Waals surface area contributed by atoms with Gasteiger partial charge >= 0.3 is 0 Å². The van der Waals surface area contributed by atoms with Crippen LogP contribution >= 0.6 is 0 Å². The van der Waals surface area contributed by atoms with E-state index in [1.54, 1.807) is 0 Å². The molecule has 0 spiro atoms. The number of ether oxygens (including phenoxy) is 2. The van der Waals surface area contributed by atoms with E-state index >= 15 is 0 Å². The van der Waals surface area contributed by atoms with E-state index in [4.69, 9.17) is 13.9 Å². The van der Waals surface area contributed by atoms with E-state index < -0.39 is 14.4 Å². The average Bonchev–Trinajstić information content (AvgIpc) is 2.96. The van der Waals surface area contributed by atoms with E-state index in [1.165, 1.54) is 0 Å². The number of hydrogen-bond donors (Lipinski definition) is 0. The first kappa shape index (κ1) is 22.3. The summed E-state index contributed by atoms with van der Waals surface area (Å²) in [7, 11) is -1.73. The summed E-state index contributed by atoms with van der Waals surface area (Å²) in [6.45, 7) is 14.6. The van der Waals surface area contributed by atoms with Crippen LogP contribution in [0.15, 0.2) is 30.3 Å². The molecule has 0 N–H and O–H groups in total. The fourth-order valence-electron chi connectivity index (χ4n) is 3.14. The first-order valence-corrected chi connectivity index (χ1v) is 12.9. The Morgan fingerprint density at radius 3 is 2.52 bits per heavy atom. The molecular weight excluding hydrogens is 356 g/mol. The van der Waals surface area contributed by atoms with Crippen molar-refractivity contribution in [2.75, 3.05) is 6.61 Å². The van der Waals surface area contributed by atoms with Crippen molar-refractivity contribution in [3.8, 4) is 0 Å². The molecule has 1 aliphatic rings. The minimum absolute atomic E-state index is 0.127. The van der Waals surface area contributed by atoms with E-state index in [-0.39, 0.29) is 17.2 Å². The number of benzene rings is 1. The molecule has 1 heterocycles. The number of aldehydes is 1. The first-order valence-electron chi connectivity index (χ1n) is 10.0. The topological polar surface area (TPSA) is 44.8 Å². The fourth-order valence-corrected chi connectivity index (χ4v) is 4.21. The number of carbonyl (C=O) groups excluding carboxylic acids is 1. The van der Waals surface area contributed by atoms with Gasteiger partial charge in [0, 0.05) is 6.61 Å². The van der Waals surface area contributed by atoms with Gasteiger partial charge in [-0.3, -0.25) is 0 Å². The maximum absolute atomic E-state index is 11.6. The lowest BCUT2D eigenvalue weighted by atomic mass is 9.98. The molecular formula is C22H36O4Si. The second kappa shape index (κ2) is 9.46. The molecule has 0 radical (unpaired) electrons. The quantitative estimate of drug-likeness (QED) is 0.439. The van der Waals surface area contributed by atoms with Gasteiger partial charge in [-0.05, 0) is 42.5 Å². The van der Waals surface area contributed by atoms with Crippen molar-refractivity contribution < 1.29 is 18.7 Å². The summed E-state index contributed by atoms with van der Waals surface area (Å²) in [6.07, 6.45) is 2.05. The lowest BCUT2D eigenvalue weighted by molar-refractivity contribution is -0.131. The van der Waals surface area contributed by atoms with Crippen molar-refractivity contribution in [1.29, 1.82) is 0 Å². The molecule has 1 saturated heterocycles. The van der Waals surface area contributed by atoms with E-state index in [1.807, 2.05) is 30.3 Å². The molecule has 0 bridgehead atoms. The monoisotopic (exact) mass is 392 g/mol. The Bertz CT molecular complexity index is 582. The molecule has 27 heavy (non-hydrogen) atoms. The lowest BCUT2D eigenvalue weighted by Gasteiger charge is -2.36. The Morgan fingerprint density at radius 2 is 1.93 bits per heavy atom. The van der Waals surface area contributed by atoms with Crippen molar-refractivity contribution in [1.82, 2.24) is 0 Å². The van der Waals surface area contributed by atoms with Crippen molar-refractivity contribution in [2.45, 2.75) is 83.6 Å². The molecule has 0 saturated carbocycles. The summed E-state index contributed by atoms with van der Waals surface area (Å²) >= 11 is 0. The van der Waals surface area contributed by atoms with E-state index in [9.17, 15) is 4.79 Å². The van der Waals surface area contributed by atoms with Gasteiger partial charge < -0.3 is 18.7 Å². The first-order chi connectivity index (χ1) is 12.6. The van der Waals surface area contributed by atoms with E-state index in [2.05, 4.69) is 40.8 Å². The Kier molecular flexibility index (Phi) is 7.80. The van der Waals surface area contributed by atoms with Gasteiger partial charge in [-0.15, -0.1) is 0 Å². The molecule has 1 aromatic carbocycles. The molecule has 0 aliphatic carbocycles. The van der Waals surface area contributed by atoms with Crippen LogP contribution in [0.1, 0.15) is 46.1 Å². The second-order valence-electron chi connectivity index (χ2n) is 9.22. The third-order valence-corrected chi connectivity index (χ3v) is 10.6. The van der Waals surface area contributed by atoms with Gasteiger partial charge in [-0.2, -0.15) is 0 Å². The van der Waals surface area contributed by atoms with Gasteiger partial charge in [0.2, 0.25) is 0 Å². The second-order valence-corrected chi connectivity index (χ2v) is 14.0. The van der Waals surface area contributed by atoms with Gasteiger partial charge in [-0.1, -0.05) is 58.0 Å². The minimum Gasteiger partial charge on any atom is -0.417 e. The van der Waals surface area contributed by atoms with E-state index in [0.717, 1.165) is 31.3 Å². The third-order valence-electron chi connectivity index (χ3n) is 6.05. The smallest absolute Gasteiger partial charge is 0.191 e. The Balaban J connectivity index is 1.82. The maximum Gasteiger partial charge on any atom is 0.191 e. The molecule has 1 aromatic rings. The molecule has 5 heteroatoms. The van der Waals surface area contributed by atoms with Crippen LogP contribution in [0.5, 0.6) is 0 Å². The zero-order chi connectivity index (χ0) is 20.1. The Labute approximate surface area is 165 Å². The molecule has 152 valence electrons. The highest BCUT2D eigenvalue weighted by Gasteiger charge is 2.39. The van der Waals surface area contributed by atoms with Crippen molar-refractivity contribution in [3.05, 3.63) is 35.9 Å². The summed E-state index contributed by atoms with van der Waals surface area (Å²) in [5.41, 5.74) is 1.06.